The van der Waals surface area contributed by atoms with Crippen LogP contribution in [0, 0.1) is 12.4 Å². The molecule has 10 nitrogen and oxygen atoms in total. The van der Waals surface area contributed by atoms with Crippen LogP contribution >= 0.6 is 0 Å². The van der Waals surface area contributed by atoms with Crippen molar-refractivity contribution in [3.05, 3.63) is 64.9 Å². The highest BCUT2D eigenvalue weighted by atomic mass is 19.1. The SMILES string of the molecule is [C-]#[N+]CC1CN(c2nc(OC[C@@H]3CCCN3C)nc3c2CCN(c2c(F)ccc4ccccc24)C3)CCN1C(=O)OC(C)(C)C. The molecule has 2 saturated heterocycles. The first-order valence-corrected chi connectivity index (χ1v) is 15.8. The number of rotatable bonds is 6. The molecule has 1 unspecified atom stereocenters. The number of ether oxygens (including phenoxy) is 2. The zero-order valence-electron chi connectivity index (χ0n) is 26.6. The van der Waals surface area contributed by atoms with Gasteiger partial charge in [0.05, 0.1) is 17.9 Å². The van der Waals surface area contributed by atoms with Gasteiger partial charge in [-0.15, -0.1) is 0 Å². The summed E-state index contributed by atoms with van der Waals surface area (Å²) in [6.45, 7) is 17.2. The fourth-order valence-electron chi connectivity index (χ4n) is 6.69. The van der Waals surface area contributed by atoms with E-state index in [2.05, 4.69) is 26.6 Å². The number of piperazine rings is 1. The quantitative estimate of drug-likeness (QED) is 0.353. The van der Waals surface area contributed by atoms with Crippen LogP contribution in [0.5, 0.6) is 6.01 Å². The predicted molar refractivity (Wildman–Crippen MR) is 172 cm³/mol. The van der Waals surface area contributed by atoms with E-state index in [-0.39, 0.29) is 18.4 Å². The van der Waals surface area contributed by atoms with Gasteiger partial charge in [0, 0.05) is 43.2 Å². The first-order chi connectivity index (χ1) is 21.6. The van der Waals surface area contributed by atoms with Crippen LogP contribution in [-0.2, 0) is 17.7 Å². The molecule has 45 heavy (non-hydrogen) atoms. The zero-order chi connectivity index (χ0) is 31.7. The molecular formula is C34H42FN7O3. The standard InChI is InChI=1S/C34H42FN7O3/c1-34(2,3)45-33(43)42-18-17-41(20-25(42)19-36-4)31-27-14-16-40(30-26-11-7-6-9-23(26)12-13-28(30)35)21-29(27)37-32(38-31)44-22-24-10-8-15-39(24)5/h6-7,9,11-13,24-25H,8,10,14-22H2,1-3,5H3/t24-,25?/m0/s1. The first kappa shape index (κ1) is 30.8. The van der Waals surface area contributed by atoms with Crippen molar-refractivity contribution in [1.29, 1.82) is 0 Å². The monoisotopic (exact) mass is 615 g/mol. The molecule has 11 heteroatoms. The van der Waals surface area contributed by atoms with E-state index in [9.17, 15) is 4.79 Å². The summed E-state index contributed by atoms with van der Waals surface area (Å²) in [5.41, 5.74) is 1.77. The van der Waals surface area contributed by atoms with Crippen molar-refractivity contribution in [2.24, 2.45) is 0 Å². The summed E-state index contributed by atoms with van der Waals surface area (Å²) in [6, 6.07) is 11.5. The highest BCUT2D eigenvalue weighted by Crippen LogP contribution is 2.36. The van der Waals surface area contributed by atoms with Crippen LogP contribution in [0.15, 0.2) is 36.4 Å². The van der Waals surface area contributed by atoms with Crippen molar-refractivity contribution in [3.8, 4) is 6.01 Å². The van der Waals surface area contributed by atoms with Crippen molar-refractivity contribution in [1.82, 2.24) is 19.8 Å². The van der Waals surface area contributed by atoms with Gasteiger partial charge in [-0.2, -0.15) is 9.97 Å². The lowest BCUT2D eigenvalue weighted by atomic mass is 10.0. The summed E-state index contributed by atoms with van der Waals surface area (Å²) in [7, 11) is 2.11. The van der Waals surface area contributed by atoms with Gasteiger partial charge in [-0.3, -0.25) is 4.90 Å². The van der Waals surface area contributed by atoms with E-state index in [1.54, 1.807) is 4.90 Å². The molecule has 0 bridgehead atoms. The van der Waals surface area contributed by atoms with Gasteiger partial charge in [-0.05, 0) is 65.1 Å². The number of halogens is 1. The topological polar surface area (TPSA) is 78.6 Å². The molecule has 2 fully saturated rings. The summed E-state index contributed by atoms with van der Waals surface area (Å²) in [5, 5.41) is 1.86. The first-order valence-electron chi connectivity index (χ1n) is 15.8. The lowest BCUT2D eigenvalue weighted by Crippen LogP contribution is -2.57. The molecule has 3 aliphatic rings. The summed E-state index contributed by atoms with van der Waals surface area (Å²) in [5.74, 6) is 0.513. The van der Waals surface area contributed by atoms with Crippen molar-refractivity contribution >= 4 is 28.4 Å². The number of carbonyl (C=O) groups is 1. The molecule has 1 aromatic heterocycles. The van der Waals surface area contributed by atoms with Gasteiger partial charge in [-0.25, -0.2) is 15.8 Å². The van der Waals surface area contributed by atoms with E-state index in [1.807, 2.05) is 51.1 Å². The number of amides is 1. The second kappa shape index (κ2) is 12.7. The molecule has 3 aliphatic heterocycles. The van der Waals surface area contributed by atoms with Crippen LogP contribution < -0.4 is 14.5 Å². The van der Waals surface area contributed by atoms with Crippen LogP contribution in [0.3, 0.4) is 0 Å². The van der Waals surface area contributed by atoms with Crippen molar-refractivity contribution < 1.29 is 18.7 Å². The average molecular weight is 616 g/mol. The second-order valence-electron chi connectivity index (χ2n) is 13.2. The smallest absolute Gasteiger partial charge is 0.410 e. The third-order valence-corrected chi connectivity index (χ3v) is 8.98. The van der Waals surface area contributed by atoms with E-state index < -0.39 is 11.7 Å². The van der Waals surface area contributed by atoms with E-state index in [4.69, 9.17) is 26.0 Å². The molecule has 6 rings (SSSR count). The van der Waals surface area contributed by atoms with Crippen molar-refractivity contribution in [3.63, 3.8) is 0 Å². The average Bonchev–Trinajstić information content (AvgIpc) is 3.42. The van der Waals surface area contributed by atoms with Crippen LogP contribution in [0.1, 0.15) is 44.9 Å². The highest BCUT2D eigenvalue weighted by molar-refractivity contribution is 5.94. The van der Waals surface area contributed by atoms with Gasteiger partial charge in [0.15, 0.2) is 0 Å². The fourth-order valence-corrected chi connectivity index (χ4v) is 6.69. The molecular weight excluding hydrogens is 573 g/mol. The van der Waals surface area contributed by atoms with E-state index in [0.29, 0.717) is 63.5 Å². The Bertz CT molecular complexity index is 1600. The number of carbonyl (C=O) groups excluding carboxylic acids is 1. The van der Waals surface area contributed by atoms with Crippen molar-refractivity contribution in [2.75, 3.05) is 62.7 Å². The van der Waals surface area contributed by atoms with Gasteiger partial charge in [0.2, 0.25) is 6.54 Å². The van der Waals surface area contributed by atoms with Crippen LogP contribution in [0.25, 0.3) is 15.6 Å². The third-order valence-electron chi connectivity index (χ3n) is 8.98. The number of aromatic nitrogens is 2. The second-order valence-corrected chi connectivity index (χ2v) is 13.2. The minimum Gasteiger partial charge on any atom is -0.462 e. The molecule has 0 N–H and O–H groups in total. The number of fused-ring (bicyclic) bond motifs is 2. The lowest BCUT2D eigenvalue weighted by Gasteiger charge is -2.41. The van der Waals surface area contributed by atoms with Gasteiger partial charge < -0.3 is 29.0 Å². The predicted octanol–water partition coefficient (Wildman–Crippen LogP) is 5.15. The molecule has 238 valence electrons. The zero-order valence-corrected chi connectivity index (χ0v) is 26.6. The molecule has 4 heterocycles. The molecule has 2 atom stereocenters. The molecule has 3 aromatic rings. The number of anilines is 2. The number of likely N-dealkylation sites (N-methyl/N-ethyl adjacent to an activating group) is 1. The molecule has 1 amide bonds. The van der Waals surface area contributed by atoms with Crippen molar-refractivity contribution in [2.45, 2.75) is 64.3 Å². The summed E-state index contributed by atoms with van der Waals surface area (Å²) in [4.78, 5) is 34.7. The Labute approximate surface area is 264 Å². The minimum absolute atomic E-state index is 0.161. The number of nitrogens with zero attached hydrogens (tertiary/aromatic N) is 7. The number of hydrogen-bond acceptors (Lipinski definition) is 8. The van der Waals surface area contributed by atoms with E-state index >= 15 is 4.39 Å². The largest absolute Gasteiger partial charge is 0.462 e. The maximum Gasteiger partial charge on any atom is 0.410 e. The summed E-state index contributed by atoms with van der Waals surface area (Å²) in [6.07, 6.45) is 2.42. The maximum atomic E-state index is 15.4. The van der Waals surface area contributed by atoms with Gasteiger partial charge in [-0.1, -0.05) is 30.3 Å². The summed E-state index contributed by atoms with van der Waals surface area (Å²) >= 11 is 0. The molecule has 0 aliphatic carbocycles. The third kappa shape index (κ3) is 6.61. The number of benzene rings is 2. The lowest BCUT2D eigenvalue weighted by molar-refractivity contribution is 0.0155. The molecule has 0 saturated carbocycles. The Hall–Kier alpha value is -4.17. The fraction of sp³-hybridized carbons (Fsp3) is 0.529. The Morgan fingerprint density at radius 3 is 2.64 bits per heavy atom. The number of likely N-dealkylation sites (tertiary alicyclic amines) is 1. The Morgan fingerprint density at radius 1 is 1.07 bits per heavy atom. The normalized spacial score (nSPS) is 20.7. The van der Waals surface area contributed by atoms with Crippen LogP contribution in [0.4, 0.5) is 20.7 Å². The Kier molecular flexibility index (Phi) is 8.69. The Balaban J connectivity index is 1.32. The molecule has 0 radical (unpaired) electrons. The maximum absolute atomic E-state index is 15.4. The van der Waals surface area contributed by atoms with Gasteiger partial charge in [0.25, 0.3) is 0 Å². The van der Waals surface area contributed by atoms with Crippen LogP contribution in [-0.4, -0.2) is 96.5 Å². The summed E-state index contributed by atoms with van der Waals surface area (Å²) < 4.78 is 27.3. The molecule has 0 spiro atoms. The Morgan fingerprint density at radius 2 is 1.89 bits per heavy atom. The van der Waals surface area contributed by atoms with Crippen LogP contribution in [0.2, 0.25) is 0 Å². The van der Waals surface area contributed by atoms with Gasteiger partial charge in [0.1, 0.15) is 29.9 Å². The number of hydrogen-bond donors (Lipinski definition) is 0. The van der Waals surface area contributed by atoms with E-state index in [1.165, 1.54) is 6.07 Å². The highest BCUT2D eigenvalue weighted by Gasteiger charge is 2.37. The van der Waals surface area contributed by atoms with E-state index in [0.717, 1.165) is 47.2 Å². The van der Waals surface area contributed by atoms with Gasteiger partial charge >= 0.3 is 12.1 Å². The minimum atomic E-state index is -0.627. The molecule has 2 aromatic carbocycles.